The van der Waals surface area contributed by atoms with Crippen molar-refractivity contribution in [2.24, 2.45) is 0 Å². The van der Waals surface area contributed by atoms with Crippen LogP contribution in [0.4, 0.5) is 10.5 Å². The normalized spacial score (nSPS) is 17.7. The minimum Gasteiger partial charge on any atom is -0.396 e. The van der Waals surface area contributed by atoms with E-state index in [0.29, 0.717) is 21.8 Å². The van der Waals surface area contributed by atoms with Crippen molar-refractivity contribution in [2.45, 2.75) is 38.0 Å². The van der Waals surface area contributed by atoms with Gasteiger partial charge in [-0.25, -0.2) is 4.79 Å². The number of aliphatic hydroxyl groups is 2. The van der Waals surface area contributed by atoms with Crippen LogP contribution in [0, 0.1) is 0 Å². The van der Waals surface area contributed by atoms with Gasteiger partial charge in [-0.05, 0) is 48.6 Å². The second kappa shape index (κ2) is 9.74. The van der Waals surface area contributed by atoms with Crippen LogP contribution in [-0.2, 0) is 18.7 Å². The van der Waals surface area contributed by atoms with Gasteiger partial charge in [0.2, 0.25) is 0 Å². The summed E-state index contributed by atoms with van der Waals surface area (Å²) in [5, 5.41) is 24.3. The third-order valence-corrected chi connectivity index (χ3v) is 6.13. The van der Waals surface area contributed by atoms with E-state index in [2.05, 4.69) is 17.4 Å². The van der Waals surface area contributed by atoms with E-state index >= 15 is 0 Å². The highest BCUT2D eigenvalue weighted by atomic mass is 35.5. The lowest BCUT2D eigenvalue weighted by atomic mass is 9.89. The van der Waals surface area contributed by atoms with Crippen LogP contribution in [0.1, 0.15) is 41.5 Å². The molecule has 0 aromatic heterocycles. The third-order valence-electron chi connectivity index (χ3n) is 5.90. The van der Waals surface area contributed by atoms with E-state index in [1.165, 1.54) is 10.5 Å². The molecule has 0 spiro atoms. The summed E-state index contributed by atoms with van der Waals surface area (Å²) in [4.78, 5) is 14.5. The van der Waals surface area contributed by atoms with Crippen LogP contribution in [0.25, 0.3) is 0 Å². The summed E-state index contributed by atoms with van der Waals surface area (Å²) in [5.74, 6) is 0. The number of amides is 2. The second-order valence-electron chi connectivity index (χ2n) is 8.10. The summed E-state index contributed by atoms with van der Waals surface area (Å²) >= 11 is 6.26. The molecule has 1 aliphatic rings. The molecular weight excluding hydrogens is 424 g/mol. The Morgan fingerprint density at radius 2 is 1.62 bits per heavy atom. The molecule has 3 N–H and O–H groups in total. The first-order valence-corrected chi connectivity index (χ1v) is 11.3. The van der Waals surface area contributed by atoms with Gasteiger partial charge in [-0.1, -0.05) is 72.6 Å². The number of hydrogen-bond donors (Lipinski definition) is 3. The van der Waals surface area contributed by atoms with Crippen molar-refractivity contribution in [3.8, 4) is 0 Å². The maximum atomic E-state index is 13.1. The molecule has 1 heterocycles. The molecule has 166 valence electrons. The number of nitrogens with zero attached hydrogens (tertiary/aromatic N) is 1. The lowest BCUT2D eigenvalue weighted by Gasteiger charge is -2.44. The van der Waals surface area contributed by atoms with Gasteiger partial charge in [0.1, 0.15) is 0 Å². The van der Waals surface area contributed by atoms with Crippen LogP contribution in [0.2, 0.25) is 5.02 Å². The van der Waals surface area contributed by atoms with Crippen LogP contribution in [-0.4, -0.2) is 27.8 Å². The number of unbranched alkanes of at least 4 members (excludes halogenated alkanes) is 2. The SMILES string of the molecule is O=C1Nc2ccc(Cl)cc2C(O)(c2ccccc2)N1Cc1ccc(CCCCCO)cc1. The number of fused-ring (bicyclic) bond motifs is 1. The third kappa shape index (κ3) is 4.51. The molecule has 0 bridgehead atoms. The molecule has 6 heteroatoms. The van der Waals surface area contributed by atoms with Gasteiger partial charge in [0, 0.05) is 22.8 Å². The standard InChI is InChI=1S/C26H27ClN2O3/c27-22-14-15-24-23(17-22)26(32,21-8-4-1-5-9-21)29(25(31)28-24)18-20-12-10-19(11-13-20)7-3-2-6-16-30/h1,4-5,8-15,17,30,32H,2-3,6-7,16,18H2,(H,28,31). The van der Waals surface area contributed by atoms with Crippen molar-refractivity contribution < 1.29 is 15.0 Å². The van der Waals surface area contributed by atoms with Gasteiger partial charge in [0.15, 0.2) is 5.72 Å². The minimum atomic E-state index is -1.66. The van der Waals surface area contributed by atoms with Crippen LogP contribution >= 0.6 is 11.6 Å². The van der Waals surface area contributed by atoms with E-state index in [-0.39, 0.29) is 19.2 Å². The van der Waals surface area contributed by atoms with Crippen molar-refractivity contribution in [2.75, 3.05) is 11.9 Å². The van der Waals surface area contributed by atoms with Gasteiger partial charge in [0.25, 0.3) is 0 Å². The molecule has 3 aromatic carbocycles. The Morgan fingerprint density at radius 3 is 2.34 bits per heavy atom. The number of halogens is 1. The van der Waals surface area contributed by atoms with Gasteiger partial charge < -0.3 is 15.5 Å². The first kappa shape index (κ1) is 22.3. The molecule has 3 aromatic rings. The molecular formula is C26H27ClN2O3. The average molecular weight is 451 g/mol. The maximum absolute atomic E-state index is 13.1. The number of benzene rings is 3. The largest absolute Gasteiger partial charge is 0.396 e. The summed E-state index contributed by atoms with van der Waals surface area (Å²) in [7, 11) is 0. The number of anilines is 1. The number of urea groups is 1. The van der Waals surface area contributed by atoms with E-state index in [1.54, 1.807) is 18.2 Å². The van der Waals surface area contributed by atoms with Crippen LogP contribution < -0.4 is 5.32 Å². The molecule has 0 fully saturated rings. The van der Waals surface area contributed by atoms with Crippen molar-refractivity contribution in [3.05, 3.63) is 100 Å². The van der Waals surface area contributed by atoms with Gasteiger partial charge in [-0.2, -0.15) is 0 Å². The zero-order valence-corrected chi connectivity index (χ0v) is 18.6. The van der Waals surface area contributed by atoms with Crippen LogP contribution in [0.3, 0.4) is 0 Å². The molecule has 2 amide bonds. The first-order valence-electron chi connectivity index (χ1n) is 10.9. The molecule has 0 saturated carbocycles. The quantitative estimate of drug-likeness (QED) is 0.408. The summed E-state index contributed by atoms with van der Waals surface area (Å²) in [6, 6.07) is 22.0. The zero-order valence-electron chi connectivity index (χ0n) is 17.8. The number of nitrogens with one attached hydrogen (secondary N) is 1. The Labute approximate surface area is 193 Å². The van der Waals surface area contributed by atoms with E-state index in [4.69, 9.17) is 16.7 Å². The van der Waals surface area contributed by atoms with E-state index < -0.39 is 5.72 Å². The Hall–Kier alpha value is -2.86. The van der Waals surface area contributed by atoms with Crippen LogP contribution in [0.15, 0.2) is 72.8 Å². The fourth-order valence-electron chi connectivity index (χ4n) is 4.17. The van der Waals surface area contributed by atoms with Crippen molar-refractivity contribution >= 4 is 23.3 Å². The van der Waals surface area contributed by atoms with E-state index in [1.807, 2.05) is 42.5 Å². The van der Waals surface area contributed by atoms with E-state index in [0.717, 1.165) is 31.2 Å². The van der Waals surface area contributed by atoms with Gasteiger partial charge in [-0.15, -0.1) is 0 Å². The topological polar surface area (TPSA) is 72.8 Å². The highest BCUT2D eigenvalue weighted by molar-refractivity contribution is 6.30. The summed E-state index contributed by atoms with van der Waals surface area (Å²) in [5.41, 5.74) is 2.15. The maximum Gasteiger partial charge on any atom is 0.324 e. The summed E-state index contributed by atoms with van der Waals surface area (Å²) in [6.07, 6.45) is 3.80. The highest BCUT2D eigenvalue weighted by Crippen LogP contribution is 2.43. The number of carbonyl (C=O) groups is 1. The zero-order chi connectivity index (χ0) is 22.6. The van der Waals surface area contributed by atoms with Crippen molar-refractivity contribution in [1.29, 1.82) is 0 Å². The number of carbonyl (C=O) groups excluding carboxylic acids is 1. The van der Waals surface area contributed by atoms with Gasteiger partial charge in [-0.3, -0.25) is 4.90 Å². The Bertz CT molecular complexity index is 1070. The molecule has 0 radical (unpaired) electrons. The lowest BCUT2D eigenvalue weighted by Crippen LogP contribution is -2.55. The predicted molar refractivity (Wildman–Crippen MR) is 127 cm³/mol. The molecule has 4 rings (SSSR count). The lowest BCUT2D eigenvalue weighted by molar-refractivity contribution is -0.0565. The Kier molecular flexibility index (Phi) is 6.80. The van der Waals surface area contributed by atoms with Crippen molar-refractivity contribution in [1.82, 2.24) is 4.90 Å². The minimum absolute atomic E-state index is 0.230. The fraction of sp³-hybridized carbons (Fsp3) is 0.269. The molecule has 5 nitrogen and oxygen atoms in total. The first-order chi connectivity index (χ1) is 15.5. The number of hydrogen-bond acceptors (Lipinski definition) is 3. The molecule has 0 saturated heterocycles. The van der Waals surface area contributed by atoms with E-state index in [9.17, 15) is 9.90 Å². The fourth-order valence-corrected chi connectivity index (χ4v) is 4.34. The molecule has 32 heavy (non-hydrogen) atoms. The van der Waals surface area contributed by atoms with Gasteiger partial charge in [0.05, 0.1) is 12.2 Å². The predicted octanol–water partition coefficient (Wildman–Crippen LogP) is 5.29. The molecule has 0 aliphatic carbocycles. The summed E-state index contributed by atoms with van der Waals surface area (Å²) in [6.45, 7) is 0.462. The number of aliphatic hydroxyl groups excluding tert-OH is 1. The number of rotatable bonds is 8. The second-order valence-corrected chi connectivity index (χ2v) is 8.53. The smallest absolute Gasteiger partial charge is 0.324 e. The van der Waals surface area contributed by atoms with Gasteiger partial charge >= 0.3 is 6.03 Å². The molecule has 1 atom stereocenters. The highest BCUT2D eigenvalue weighted by Gasteiger charge is 2.46. The average Bonchev–Trinajstić information content (AvgIpc) is 2.81. The molecule has 1 aliphatic heterocycles. The molecule has 1 unspecified atom stereocenters. The summed E-state index contributed by atoms with van der Waals surface area (Å²) < 4.78 is 0. The van der Waals surface area contributed by atoms with Crippen LogP contribution in [0.5, 0.6) is 0 Å². The Morgan fingerprint density at radius 1 is 0.906 bits per heavy atom. The Balaban J connectivity index is 1.64. The number of aryl methyl sites for hydroxylation is 1. The monoisotopic (exact) mass is 450 g/mol. The van der Waals surface area contributed by atoms with Crippen molar-refractivity contribution in [3.63, 3.8) is 0 Å².